The molecule has 3 atom stereocenters. The van der Waals surface area contributed by atoms with Crippen LogP contribution in [-0.4, -0.2) is 42.4 Å². The highest BCUT2D eigenvalue weighted by atomic mass is 79.9. The van der Waals surface area contributed by atoms with Gasteiger partial charge in [-0.25, -0.2) is 4.39 Å². The average Bonchev–Trinajstić information content (AvgIpc) is 3.36. The molecule has 9 heteroatoms. The van der Waals surface area contributed by atoms with E-state index in [1.54, 1.807) is 37.1 Å². The smallest absolute Gasteiger partial charge is 0.262 e. The molecule has 0 bridgehead atoms. The number of hydrogen-bond acceptors (Lipinski definition) is 5. The molecule has 3 N–H and O–H groups in total. The highest BCUT2D eigenvalue weighted by Crippen LogP contribution is 2.25. The van der Waals surface area contributed by atoms with E-state index in [1.807, 2.05) is 12.1 Å². The summed E-state index contributed by atoms with van der Waals surface area (Å²) in [5.41, 5.74) is 7.41. The fraction of sp³-hybridized carbons (Fsp3) is 0.429. The molecule has 1 aliphatic heterocycles. The number of likely N-dealkylation sites (N-methyl/N-ethyl adjacent to an activating group) is 1. The second-order valence-corrected chi connectivity index (χ2v) is 9.99. The summed E-state index contributed by atoms with van der Waals surface area (Å²) < 4.78 is 14.3. The Morgan fingerprint density at radius 3 is 2.83 bits per heavy atom. The quantitative estimate of drug-likeness (QED) is 0.521. The molecule has 0 aliphatic carbocycles. The normalized spacial score (nSPS) is 19.5. The molecule has 2 heterocycles. The van der Waals surface area contributed by atoms with Crippen molar-refractivity contribution >= 4 is 39.1 Å². The molecule has 1 aromatic carbocycles. The highest BCUT2D eigenvalue weighted by molar-refractivity contribution is 9.11. The molecule has 2 amide bonds. The Labute approximate surface area is 188 Å². The third-order valence-corrected chi connectivity index (χ3v) is 6.79. The number of carbonyl (C=O) groups is 2. The topological polar surface area (TPSA) is 73.5 Å². The molecule has 162 valence electrons. The van der Waals surface area contributed by atoms with Gasteiger partial charge in [-0.1, -0.05) is 12.1 Å². The summed E-state index contributed by atoms with van der Waals surface area (Å²) in [4.78, 5) is 27.0. The van der Waals surface area contributed by atoms with E-state index in [2.05, 4.69) is 32.1 Å². The first-order valence-electron chi connectivity index (χ1n) is 9.91. The van der Waals surface area contributed by atoms with Crippen LogP contribution in [-0.2, 0) is 4.79 Å². The van der Waals surface area contributed by atoms with Gasteiger partial charge in [0.05, 0.1) is 8.66 Å². The Kier molecular flexibility index (Phi) is 7.99. The SMILES string of the molecule is CC(NC(=O)c1ccc(Br)s1)C(=O)N(C)CCCC1CC(c2cccc(F)c2)NN1. The molecule has 1 fully saturated rings. The maximum Gasteiger partial charge on any atom is 0.262 e. The Balaban J connectivity index is 1.39. The lowest BCUT2D eigenvalue weighted by Gasteiger charge is -2.22. The van der Waals surface area contributed by atoms with Crippen molar-refractivity contribution in [3.8, 4) is 0 Å². The Hall–Kier alpha value is -1.81. The first-order valence-corrected chi connectivity index (χ1v) is 11.5. The molecule has 2 aromatic rings. The lowest BCUT2D eigenvalue weighted by Crippen LogP contribution is -2.45. The number of halogens is 2. The van der Waals surface area contributed by atoms with Crippen molar-refractivity contribution in [3.05, 3.63) is 56.4 Å². The van der Waals surface area contributed by atoms with E-state index in [1.165, 1.54) is 17.4 Å². The predicted octanol–water partition coefficient (Wildman–Crippen LogP) is 3.61. The molecule has 0 spiro atoms. The van der Waals surface area contributed by atoms with Gasteiger partial charge >= 0.3 is 0 Å². The van der Waals surface area contributed by atoms with Crippen molar-refractivity contribution in [1.29, 1.82) is 0 Å². The summed E-state index contributed by atoms with van der Waals surface area (Å²) in [6, 6.07) is 9.92. The molecular formula is C21H26BrFN4O2S. The minimum Gasteiger partial charge on any atom is -0.344 e. The second-order valence-electron chi connectivity index (χ2n) is 7.53. The maximum atomic E-state index is 13.4. The predicted molar refractivity (Wildman–Crippen MR) is 120 cm³/mol. The molecule has 30 heavy (non-hydrogen) atoms. The first-order chi connectivity index (χ1) is 14.3. The zero-order valence-electron chi connectivity index (χ0n) is 17.0. The molecule has 1 aliphatic rings. The maximum absolute atomic E-state index is 13.4. The number of nitrogens with zero attached hydrogens (tertiary/aromatic N) is 1. The van der Waals surface area contributed by atoms with Crippen LogP contribution in [0, 0.1) is 5.82 Å². The van der Waals surface area contributed by atoms with Crippen LogP contribution in [0.2, 0.25) is 0 Å². The van der Waals surface area contributed by atoms with Gasteiger partial charge in [0.25, 0.3) is 5.91 Å². The van der Waals surface area contributed by atoms with Gasteiger partial charge in [0.15, 0.2) is 0 Å². The van der Waals surface area contributed by atoms with Gasteiger partial charge in [-0.05, 0) is 71.9 Å². The van der Waals surface area contributed by atoms with Crippen molar-refractivity contribution in [2.75, 3.05) is 13.6 Å². The van der Waals surface area contributed by atoms with Crippen molar-refractivity contribution < 1.29 is 14.0 Å². The summed E-state index contributed by atoms with van der Waals surface area (Å²) in [6.45, 7) is 2.30. The second kappa shape index (κ2) is 10.5. The molecule has 1 aromatic heterocycles. The van der Waals surface area contributed by atoms with Crippen molar-refractivity contribution in [1.82, 2.24) is 21.1 Å². The highest BCUT2D eigenvalue weighted by Gasteiger charge is 2.25. The van der Waals surface area contributed by atoms with E-state index in [0.29, 0.717) is 11.4 Å². The van der Waals surface area contributed by atoms with Gasteiger partial charge in [-0.2, -0.15) is 0 Å². The van der Waals surface area contributed by atoms with Gasteiger partial charge in [0.2, 0.25) is 5.91 Å². The number of rotatable bonds is 8. The van der Waals surface area contributed by atoms with Gasteiger partial charge in [-0.3, -0.25) is 20.4 Å². The van der Waals surface area contributed by atoms with Crippen LogP contribution in [0.4, 0.5) is 4.39 Å². The van der Waals surface area contributed by atoms with E-state index < -0.39 is 6.04 Å². The standard InChI is InChI=1S/C21H26BrFN4O2S/c1-13(24-20(28)18-8-9-19(22)30-18)21(29)27(2)10-4-7-16-12-17(26-25-16)14-5-3-6-15(23)11-14/h3,5-6,8-9,11,13,16-17,25-26H,4,7,10,12H2,1-2H3,(H,24,28). The zero-order chi connectivity index (χ0) is 21.7. The fourth-order valence-corrected chi connectivity index (χ4v) is 4.82. The van der Waals surface area contributed by atoms with Crippen LogP contribution in [0.5, 0.6) is 0 Å². The Morgan fingerprint density at radius 1 is 1.33 bits per heavy atom. The Morgan fingerprint density at radius 2 is 2.13 bits per heavy atom. The third kappa shape index (κ3) is 6.10. The molecule has 3 unspecified atom stereocenters. The van der Waals surface area contributed by atoms with E-state index in [4.69, 9.17) is 0 Å². The summed E-state index contributed by atoms with van der Waals surface area (Å²) >= 11 is 4.66. The van der Waals surface area contributed by atoms with Crippen LogP contribution in [0.3, 0.4) is 0 Å². The molecule has 6 nitrogen and oxygen atoms in total. The number of amides is 2. The van der Waals surface area contributed by atoms with Crippen LogP contribution >= 0.6 is 27.3 Å². The fourth-order valence-electron chi connectivity index (χ4n) is 3.54. The van der Waals surface area contributed by atoms with Gasteiger partial charge in [0.1, 0.15) is 11.9 Å². The summed E-state index contributed by atoms with van der Waals surface area (Å²) in [5.74, 6) is -0.593. The van der Waals surface area contributed by atoms with E-state index in [0.717, 1.165) is 28.6 Å². The van der Waals surface area contributed by atoms with Crippen LogP contribution < -0.4 is 16.2 Å². The minimum atomic E-state index is -0.591. The largest absolute Gasteiger partial charge is 0.344 e. The summed E-state index contributed by atoms with van der Waals surface area (Å²) in [7, 11) is 1.75. The van der Waals surface area contributed by atoms with Crippen LogP contribution in [0.1, 0.15) is 47.5 Å². The van der Waals surface area contributed by atoms with E-state index >= 15 is 0 Å². The van der Waals surface area contributed by atoms with E-state index in [9.17, 15) is 14.0 Å². The van der Waals surface area contributed by atoms with Crippen molar-refractivity contribution in [2.24, 2.45) is 0 Å². The molecule has 3 rings (SSSR count). The van der Waals surface area contributed by atoms with Gasteiger partial charge in [-0.15, -0.1) is 11.3 Å². The number of carbonyl (C=O) groups excluding carboxylic acids is 2. The lowest BCUT2D eigenvalue weighted by molar-refractivity contribution is -0.131. The third-order valence-electron chi connectivity index (χ3n) is 5.17. The molecule has 1 saturated heterocycles. The van der Waals surface area contributed by atoms with E-state index in [-0.39, 0.29) is 29.7 Å². The number of nitrogens with one attached hydrogen (secondary N) is 3. The van der Waals surface area contributed by atoms with Crippen molar-refractivity contribution in [3.63, 3.8) is 0 Å². The molecule has 0 radical (unpaired) electrons. The molecule has 0 saturated carbocycles. The summed E-state index contributed by atoms with van der Waals surface area (Å²) in [5, 5.41) is 2.76. The monoisotopic (exact) mass is 496 g/mol. The number of thiophene rings is 1. The van der Waals surface area contributed by atoms with Crippen molar-refractivity contribution in [2.45, 2.75) is 44.3 Å². The van der Waals surface area contributed by atoms with Gasteiger partial charge < -0.3 is 10.2 Å². The number of hydrazine groups is 1. The average molecular weight is 497 g/mol. The zero-order valence-corrected chi connectivity index (χ0v) is 19.4. The van der Waals surface area contributed by atoms with Crippen LogP contribution in [0.15, 0.2) is 40.2 Å². The van der Waals surface area contributed by atoms with Crippen LogP contribution in [0.25, 0.3) is 0 Å². The molecular weight excluding hydrogens is 471 g/mol. The Bertz CT molecular complexity index is 893. The minimum absolute atomic E-state index is 0.0811. The summed E-state index contributed by atoms with van der Waals surface area (Å²) in [6.07, 6.45) is 2.58. The lowest BCUT2D eigenvalue weighted by atomic mass is 9.99. The number of benzene rings is 1. The van der Waals surface area contributed by atoms with Gasteiger partial charge in [0, 0.05) is 25.7 Å². The first kappa shape index (κ1) is 22.9. The number of hydrogen-bond donors (Lipinski definition) is 3.